The number of likely N-dealkylation sites (N-methyl/N-ethyl adjacent to an activating group) is 2. The second-order valence-electron chi connectivity index (χ2n) is 16.7. The summed E-state index contributed by atoms with van der Waals surface area (Å²) in [5, 5.41) is 2.29. The highest BCUT2D eigenvalue weighted by atomic mass is 16.7. The first kappa shape index (κ1) is 36.5. The van der Waals surface area contributed by atoms with Gasteiger partial charge in [-0.3, -0.25) is 0 Å². The molecule has 4 heterocycles. The first-order valence-corrected chi connectivity index (χ1v) is 20.5. The van der Waals surface area contributed by atoms with Gasteiger partial charge in [0.15, 0.2) is 0 Å². The molecular formula is C48H48N4O6. The van der Waals surface area contributed by atoms with Crippen molar-refractivity contribution in [3.8, 4) is 11.5 Å². The van der Waals surface area contributed by atoms with Gasteiger partial charge in [-0.2, -0.15) is 9.46 Å². The molecule has 0 amide bonds. The van der Waals surface area contributed by atoms with E-state index in [2.05, 4.69) is 36.0 Å². The van der Waals surface area contributed by atoms with Crippen LogP contribution in [0.5, 0.6) is 11.5 Å². The first-order valence-electron chi connectivity index (χ1n) is 20.5. The Balaban J connectivity index is 0.809. The van der Waals surface area contributed by atoms with Crippen LogP contribution in [0.1, 0.15) is 46.9 Å². The van der Waals surface area contributed by atoms with Crippen molar-refractivity contribution in [3.63, 3.8) is 0 Å². The van der Waals surface area contributed by atoms with E-state index in [-0.39, 0.29) is 0 Å². The lowest BCUT2D eigenvalue weighted by molar-refractivity contribution is -0.140. The highest BCUT2D eigenvalue weighted by Crippen LogP contribution is 2.46. The molecule has 296 valence electrons. The molecule has 58 heavy (non-hydrogen) atoms. The number of carbonyl (C=O) groups excluding carboxylic acids is 2. The Kier molecular flexibility index (Phi) is 9.54. The number of rotatable bonds is 10. The van der Waals surface area contributed by atoms with E-state index in [9.17, 15) is 9.59 Å². The van der Waals surface area contributed by atoms with Crippen LogP contribution in [0.4, 0.5) is 0 Å². The van der Waals surface area contributed by atoms with Gasteiger partial charge in [0, 0.05) is 84.2 Å². The maximum absolute atomic E-state index is 13.2. The third-order valence-corrected chi connectivity index (χ3v) is 13.0. The normalized spacial score (nSPS) is 24.0. The van der Waals surface area contributed by atoms with E-state index in [4.69, 9.17) is 19.1 Å². The van der Waals surface area contributed by atoms with Crippen LogP contribution < -0.4 is 19.1 Å². The summed E-state index contributed by atoms with van der Waals surface area (Å²) in [7, 11) is 4.40. The molecule has 0 saturated carbocycles. The van der Waals surface area contributed by atoms with Crippen molar-refractivity contribution in [1.29, 1.82) is 0 Å². The van der Waals surface area contributed by atoms with Crippen LogP contribution in [0, 0.1) is 11.8 Å². The number of nitrogens with zero attached hydrogens (tertiary/aromatic N) is 4. The van der Waals surface area contributed by atoms with Gasteiger partial charge in [-0.05, 0) is 98.4 Å². The van der Waals surface area contributed by atoms with Crippen LogP contribution in [0.25, 0.3) is 21.8 Å². The molecule has 2 unspecified atom stereocenters. The van der Waals surface area contributed by atoms with Gasteiger partial charge in [0.1, 0.15) is 11.5 Å². The van der Waals surface area contributed by atoms with Gasteiger partial charge in [0.25, 0.3) is 0 Å². The maximum Gasteiger partial charge on any atom is 0.356 e. The van der Waals surface area contributed by atoms with Crippen molar-refractivity contribution in [1.82, 2.24) is 19.3 Å². The number of fused-ring (bicyclic) bond motifs is 4. The van der Waals surface area contributed by atoms with Crippen molar-refractivity contribution >= 4 is 33.7 Å². The molecule has 0 spiro atoms. The van der Waals surface area contributed by atoms with Crippen LogP contribution in [-0.2, 0) is 22.4 Å². The smallest absolute Gasteiger partial charge is 0.356 e. The molecule has 10 heteroatoms. The number of para-hydroxylation sites is 2. The zero-order chi connectivity index (χ0) is 39.3. The maximum atomic E-state index is 13.2. The lowest BCUT2D eigenvalue weighted by Crippen LogP contribution is -2.49. The lowest BCUT2D eigenvalue weighted by atomic mass is 9.72. The number of ether oxygens (including phenoxy) is 2. The van der Waals surface area contributed by atoms with Crippen molar-refractivity contribution in [3.05, 3.63) is 144 Å². The van der Waals surface area contributed by atoms with Crippen molar-refractivity contribution in [2.24, 2.45) is 11.8 Å². The van der Waals surface area contributed by atoms with Crippen LogP contribution in [0.2, 0.25) is 0 Å². The van der Waals surface area contributed by atoms with Crippen molar-refractivity contribution in [2.45, 2.75) is 49.6 Å². The third kappa shape index (κ3) is 6.84. The summed E-state index contributed by atoms with van der Waals surface area (Å²) in [6.07, 6.45) is 9.91. The minimum Gasteiger partial charge on any atom is -0.493 e. The van der Waals surface area contributed by atoms with Gasteiger partial charge in [-0.1, -0.05) is 60.7 Å². The number of benzene rings is 4. The average Bonchev–Trinajstić information content (AvgIpc) is 3.78. The van der Waals surface area contributed by atoms with Crippen LogP contribution in [-0.4, -0.2) is 83.7 Å². The number of piperidine rings is 2. The predicted octanol–water partition coefficient (Wildman–Crippen LogP) is 6.84. The third-order valence-electron chi connectivity index (χ3n) is 13.0. The molecule has 0 bridgehead atoms. The molecule has 2 aliphatic heterocycles. The molecule has 6 atom stereocenters. The van der Waals surface area contributed by atoms with E-state index in [1.807, 2.05) is 97.3 Å². The summed E-state index contributed by atoms with van der Waals surface area (Å²) in [6, 6.07) is 33.2. The highest BCUT2D eigenvalue weighted by molar-refractivity contribution is 5.94. The summed E-state index contributed by atoms with van der Waals surface area (Å²) in [5.41, 5.74) is 6.55. The molecule has 0 radical (unpaired) electrons. The Morgan fingerprint density at radius 3 is 1.45 bits per heavy atom. The van der Waals surface area contributed by atoms with Crippen molar-refractivity contribution < 1.29 is 28.7 Å². The number of likely N-dealkylation sites (tertiary alicyclic amines) is 2. The van der Waals surface area contributed by atoms with Gasteiger partial charge < -0.3 is 28.9 Å². The zero-order valence-electron chi connectivity index (χ0n) is 32.9. The fourth-order valence-electron chi connectivity index (χ4n) is 10.5. The predicted molar refractivity (Wildman–Crippen MR) is 222 cm³/mol. The molecule has 0 N–H and O–H groups in total. The molecule has 2 saturated heterocycles. The Labute approximate surface area is 338 Å². The fourth-order valence-corrected chi connectivity index (χ4v) is 10.5. The van der Waals surface area contributed by atoms with Gasteiger partial charge in [0.05, 0.1) is 24.2 Å². The summed E-state index contributed by atoms with van der Waals surface area (Å²) in [5.74, 6) is 1.94. The van der Waals surface area contributed by atoms with Gasteiger partial charge >= 0.3 is 11.9 Å². The minimum absolute atomic E-state index is 0.341. The van der Waals surface area contributed by atoms with Crippen molar-refractivity contribution in [2.75, 3.05) is 40.4 Å². The van der Waals surface area contributed by atoms with Crippen LogP contribution in [0.15, 0.2) is 122 Å². The average molecular weight is 777 g/mol. The number of hydrogen-bond acceptors (Lipinski definition) is 8. The molecule has 2 aliphatic carbocycles. The topological polar surface area (TPSA) is 87.4 Å². The van der Waals surface area contributed by atoms with Crippen LogP contribution in [0.3, 0.4) is 0 Å². The van der Waals surface area contributed by atoms with E-state index < -0.39 is 11.9 Å². The summed E-state index contributed by atoms with van der Waals surface area (Å²) < 4.78 is 15.5. The van der Waals surface area contributed by atoms with E-state index in [1.165, 1.54) is 11.1 Å². The minimum atomic E-state index is -0.658. The second-order valence-corrected chi connectivity index (χ2v) is 16.7. The Hall–Kier alpha value is -5.84. The highest BCUT2D eigenvalue weighted by Gasteiger charge is 2.42. The zero-order valence-corrected chi connectivity index (χ0v) is 32.9. The molecule has 2 aromatic heterocycles. The SMILES string of the molecule is CN1CC(COc2ccccc2)C[C@@H]2c3cccc4c3c(cn4OC(=O)/C=C\C(=O)On3cc4c5c(cccc53)[C@H]3CC(COc5ccccc5)CN(C)[C@@H]3C4)C[C@H]21. The summed E-state index contributed by atoms with van der Waals surface area (Å²) >= 11 is 0. The first-order chi connectivity index (χ1) is 28.4. The van der Waals surface area contributed by atoms with E-state index in [0.717, 1.165) is 95.4 Å². The largest absolute Gasteiger partial charge is 0.493 e. The second kappa shape index (κ2) is 15.2. The molecule has 10 nitrogen and oxygen atoms in total. The van der Waals surface area contributed by atoms with E-state index in [1.54, 1.807) is 9.46 Å². The number of carbonyl (C=O) groups is 2. The Bertz CT molecular complexity index is 2340. The molecule has 4 aromatic carbocycles. The van der Waals surface area contributed by atoms with E-state index in [0.29, 0.717) is 49.0 Å². The van der Waals surface area contributed by atoms with E-state index >= 15 is 0 Å². The van der Waals surface area contributed by atoms with Gasteiger partial charge in [-0.15, -0.1) is 0 Å². The molecule has 10 rings (SSSR count). The number of aromatic nitrogens is 2. The van der Waals surface area contributed by atoms with Gasteiger partial charge in [0.2, 0.25) is 0 Å². The monoisotopic (exact) mass is 776 g/mol. The lowest BCUT2D eigenvalue weighted by Gasteiger charge is -2.45. The molecule has 6 aromatic rings. The number of hydrogen-bond donors (Lipinski definition) is 0. The molecule has 2 fully saturated rings. The Morgan fingerprint density at radius 1 is 0.586 bits per heavy atom. The molecule has 4 aliphatic rings. The fraction of sp³-hybridized carbons (Fsp3) is 0.333. The summed E-state index contributed by atoms with van der Waals surface area (Å²) in [6.45, 7) is 3.26. The van der Waals surface area contributed by atoms with Gasteiger partial charge in [-0.25, -0.2) is 9.59 Å². The quantitative estimate of drug-likeness (QED) is 0.140. The Morgan fingerprint density at radius 2 is 1.02 bits per heavy atom. The summed E-state index contributed by atoms with van der Waals surface area (Å²) in [4.78, 5) is 43.0. The molecular weight excluding hydrogens is 729 g/mol. The van der Waals surface area contributed by atoms with Crippen LogP contribution >= 0.6 is 0 Å². The standard InChI is InChI=1S/C48H48N4O6/c1-49-25-31(29-55-35-11-5-3-6-12-35)21-39-37-15-9-17-41-47(37)33(23-43(39)49)27-51(41)57-45(53)19-20-46(54)58-52-28-34-24-44-40(38-16-10-18-42(52)48(34)38)22-32(26-50(44)2)30-56-36-13-7-4-8-14-36/h3-20,27-28,31-32,39-40,43-44H,21-26,29-30H2,1-2H3/b20-19-/t31?,32?,39-,40-,43-,44-/m1/s1.